The summed E-state index contributed by atoms with van der Waals surface area (Å²) in [7, 11) is 0. The van der Waals surface area contributed by atoms with E-state index in [1.54, 1.807) is 0 Å². The van der Waals surface area contributed by atoms with E-state index in [2.05, 4.69) is 13.8 Å². The van der Waals surface area contributed by atoms with Crippen LogP contribution in [0.25, 0.3) is 0 Å². The summed E-state index contributed by atoms with van der Waals surface area (Å²) < 4.78 is 0.378. The van der Waals surface area contributed by atoms with Crippen molar-refractivity contribution in [2.45, 2.75) is 20.3 Å². The molecule has 2 nitrogen and oxygen atoms in total. The zero-order valence-corrected chi connectivity index (χ0v) is 9.08. The number of halogens is 1. The van der Waals surface area contributed by atoms with Gasteiger partial charge in [0.1, 0.15) is 4.34 Å². The van der Waals surface area contributed by atoms with Crippen LogP contribution in [-0.4, -0.2) is 11.1 Å². The standard InChI is InChI=1S/C9H11ClO2S/c1-5(2)3-6-4-13-8(10)7(6)9(11)12/h4-5H,3H2,1-2H3,(H,11,12). The molecule has 0 saturated carbocycles. The predicted molar refractivity (Wildman–Crippen MR) is 54.8 cm³/mol. The topological polar surface area (TPSA) is 37.3 Å². The summed E-state index contributed by atoms with van der Waals surface area (Å²) in [5.74, 6) is -0.481. The van der Waals surface area contributed by atoms with Gasteiger partial charge in [0.05, 0.1) is 5.56 Å². The first-order chi connectivity index (χ1) is 6.02. The Labute approximate surface area is 86.2 Å². The summed E-state index contributed by atoms with van der Waals surface area (Å²) in [6.07, 6.45) is 0.769. The first-order valence-corrected chi connectivity index (χ1v) is 5.27. The highest BCUT2D eigenvalue weighted by molar-refractivity contribution is 7.15. The molecule has 0 atom stereocenters. The van der Waals surface area contributed by atoms with Crippen LogP contribution in [0.15, 0.2) is 5.38 Å². The zero-order chi connectivity index (χ0) is 10.0. The monoisotopic (exact) mass is 218 g/mol. The maximum Gasteiger partial charge on any atom is 0.338 e. The normalized spacial score (nSPS) is 10.8. The molecule has 0 aliphatic carbocycles. The van der Waals surface area contributed by atoms with Crippen LogP contribution in [0.4, 0.5) is 0 Å². The van der Waals surface area contributed by atoms with Crippen LogP contribution in [0.2, 0.25) is 4.34 Å². The Kier molecular flexibility index (Phi) is 3.33. The smallest absolute Gasteiger partial charge is 0.338 e. The van der Waals surface area contributed by atoms with Gasteiger partial charge in [0.15, 0.2) is 0 Å². The minimum atomic E-state index is -0.929. The largest absolute Gasteiger partial charge is 0.478 e. The molecule has 0 saturated heterocycles. The highest BCUT2D eigenvalue weighted by Gasteiger charge is 2.17. The fourth-order valence-corrected chi connectivity index (χ4v) is 2.31. The van der Waals surface area contributed by atoms with Gasteiger partial charge in [-0.2, -0.15) is 0 Å². The highest BCUT2D eigenvalue weighted by atomic mass is 35.5. The molecule has 0 amide bonds. The minimum Gasteiger partial charge on any atom is -0.478 e. The molecule has 0 fully saturated rings. The van der Waals surface area contributed by atoms with Crippen molar-refractivity contribution in [3.05, 3.63) is 20.8 Å². The lowest BCUT2D eigenvalue weighted by atomic mass is 10.0. The number of carboxylic acid groups (broad SMARTS) is 1. The lowest BCUT2D eigenvalue weighted by Gasteiger charge is -2.03. The molecule has 0 aliphatic rings. The number of carboxylic acids is 1. The molecule has 0 spiro atoms. The number of hydrogen-bond acceptors (Lipinski definition) is 2. The Balaban J connectivity index is 3.00. The Hall–Kier alpha value is -0.540. The maximum absolute atomic E-state index is 10.8. The first-order valence-electron chi connectivity index (χ1n) is 4.01. The molecule has 13 heavy (non-hydrogen) atoms. The average Bonchev–Trinajstić information content (AvgIpc) is 2.30. The Bertz CT molecular complexity index is 317. The van der Waals surface area contributed by atoms with Crippen molar-refractivity contribution in [2.75, 3.05) is 0 Å². The van der Waals surface area contributed by atoms with Gasteiger partial charge in [0.2, 0.25) is 0 Å². The molecule has 0 aromatic carbocycles. The number of hydrogen-bond donors (Lipinski definition) is 1. The average molecular weight is 219 g/mol. The molecule has 72 valence electrons. The van der Waals surface area contributed by atoms with Crippen molar-refractivity contribution >= 4 is 28.9 Å². The third-order valence-electron chi connectivity index (χ3n) is 1.66. The molecule has 1 aromatic rings. The molecule has 1 heterocycles. The van der Waals surface area contributed by atoms with Gasteiger partial charge in [0, 0.05) is 0 Å². The molecule has 0 aliphatic heterocycles. The summed E-state index contributed by atoms with van der Waals surface area (Å²) in [6, 6.07) is 0. The second kappa shape index (κ2) is 4.11. The quantitative estimate of drug-likeness (QED) is 0.845. The molecule has 0 radical (unpaired) electrons. The maximum atomic E-state index is 10.8. The van der Waals surface area contributed by atoms with Gasteiger partial charge < -0.3 is 5.11 Å². The van der Waals surface area contributed by atoms with Crippen LogP contribution in [0.5, 0.6) is 0 Å². The van der Waals surface area contributed by atoms with Crippen molar-refractivity contribution in [1.29, 1.82) is 0 Å². The van der Waals surface area contributed by atoms with Gasteiger partial charge in [-0.25, -0.2) is 4.79 Å². The van der Waals surface area contributed by atoms with Gasteiger partial charge in [0.25, 0.3) is 0 Å². The van der Waals surface area contributed by atoms with Gasteiger partial charge in [-0.15, -0.1) is 11.3 Å². The first kappa shape index (κ1) is 10.5. The second-order valence-electron chi connectivity index (χ2n) is 3.31. The summed E-state index contributed by atoms with van der Waals surface area (Å²) in [6.45, 7) is 4.11. The molecule has 0 bridgehead atoms. The van der Waals surface area contributed by atoms with Gasteiger partial charge in [-0.1, -0.05) is 25.4 Å². The van der Waals surface area contributed by atoms with Gasteiger partial charge in [-0.3, -0.25) is 0 Å². The van der Waals surface area contributed by atoms with Crippen molar-refractivity contribution < 1.29 is 9.90 Å². The summed E-state index contributed by atoms with van der Waals surface area (Å²) in [5.41, 5.74) is 1.12. The molecule has 1 rings (SSSR count). The number of aromatic carboxylic acids is 1. The summed E-state index contributed by atoms with van der Waals surface area (Å²) in [5, 5.41) is 10.7. The van der Waals surface area contributed by atoms with E-state index in [0.29, 0.717) is 10.3 Å². The van der Waals surface area contributed by atoms with Gasteiger partial charge >= 0.3 is 5.97 Å². The van der Waals surface area contributed by atoms with Crippen LogP contribution >= 0.6 is 22.9 Å². The number of carbonyl (C=O) groups is 1. The van der Waals surface area contributed by atoms with Crippen molar-refractivity contribution in [2.24, 2.45) is 5.92 Å². The zero-order valence-electron chi connectivity index (χ0n) is 7.50. The number of rotatable bonds is 3. The highest BCUT2D eigenvalue weighted by Crippen LogP contribution is 2.29. The van der Waals surface area contributed by atoms with Crippen LogP contribution < -0.4 is 0 Å². The fourth-order valence-electron chi connectivity index (χ4n) is 1.18. The molecule has 1 N–H and O–H groups in total. The Morgan fingerprint density at radius 2 is 2.31 bits per heavy atom. The van der Waals surface area contributed by atoms with E-state index in [9.17, 15) is 4.79 Å². The van der Waals surface area contributed by atoms with E-state index < -0.39 is 5.97 Å². The minimum absolute atomic E-state index is 0.278. The van der Waals surface area contributed by atoms with Crippen molar-refractivity contribution in [1.82, 2.24) is 0 Å². The van der Waals surface area contributed by atoms with E-state index in [4.69, 9.17) is 16.7 Å². The molecule has 1 aromatic heterocycles. The van der Waals surface area contributed by atoms with Crippen molar-refractivity contribution in [3.8, 4) is 0 Å². The van der Waals surface area contributed by atoms with Crippen LogP contribution in [0.1, 0.15) is 29.8 Å². The molecular weight excluding hydrogens is 208 g/mol. The van der Waals surface area contributed by atoms with Crippen molar-refractivity contribution in [3.63, 3.8) is 0 Å². The SMILES string of the molecule is CC(C)Cc1csc(Cl)c1C(=O)O. The fraction of sp³-hybridized carbons (Fsp3) is 0.444. The lowest BCUT2D eigenvalue weighted by Crippen LogP contribution is -2.02. The van der Waals surface area contributed by atoms with Crippen LogP contribution in [0, 0.1) is 5.92 Å². The van der Waals surface area contributed by atoms with Crippen LogP contribution in [0.3, 0.4) is 0 Å². The second-order valence-corrected chi connectivity index (χ2v) is 4.79. The Morgan fingerprint density at radius 1 is 1.69 bits per heavy atom. The van der Waals surface area contributed by atoms with E-state index >= 15 is 0 Å². The summed E-state index contributed by atoms with van der Waals surface area (Å²) in [4.78, 5) is 10.8. The number of thiophene rings is 1. The molecular formula is C9H11ClO2S. The van der Waals surface area contributed by atoms with Crippen LogP contribution in [-0.2, 0) is 6.42 Å². The third-order valence-corrected chi connectivity index (χ3v) is 2.93. The van der Waals surface area contributed by atoms with E-state index in [-0.39, 0.29) is 5.56 Å². The van der Waals surface area contributed by atoms with E-state index in [1.165, 1.54) is 11.3 Å². The van der Waals surface area contributed by atoms with Gasteiger partial charge in [-0.05, 0) is 23.3 Å². The molecule has 4 heteroatoms. The summed E-state index contributed by atoms with van der Waals surface area (Å²) >= 11 is 7.05. The molecule has 0 unspecified atom stereocenters. The van der Waals surface area contributed by atoms with E-state index in [0.717, 1.165) is 12.0 Å². The Morgan fingerprint density at radius 3 is 2.77 bits per heavy atom. The lowest BCUT2D eigenvalue weighted by molar-refractivity contribution is 0.0696. The van der Waals surface area contributed by atoms with E-state index in [1.807, 2.05) is 5.38 Å². The predicted octanol–water partition coefficient (Wildman–Crippen LogP) is 3.30. The third kappa shape index (κ3) is 2.45.